The first-order valence-corrected chi connectivity index (χ1v) is 6.86. The lowest BCUT2D eigenvalue weighted by Crippen LogP contribution is -2.21. The molecule has 2 rings (SSSR count). The maximum atomic E-state index is 11.8. The minimum absolute atomic E-state index is 0.0605. The number of pyridine rings is 1. The number of nitrogens with one attached hydrogen (secondary N) is 2. The van der Waals surface area contributed by atoms with E-state index in [1.165, 1.54) is 35.2 Å². The molecule has 1 amide bonds. The van der Waals surface area contributed by atoms with Gasteiger partial charge in [0.05, 0.1) is 6.21 Å². The van der Waals surface area contributed by atoms with E-state index >= 15 is 0 Å². The molecule has 3 N–H and O–H groups in total. The quantitative estimate of drug-likeness (QED) is 0.327. The van der Waals surface area contributed by atoms with Gasteiger partial charge in [-0.15, -0.1) is 6.58 Å². The molecule has 0 saturated heterocycles. The fourth-order valence-electron chi connectivity index (χ4n) is 1.71. The summed E-state index contributed by atoms with van der Waals surface area (Å²) in [7, 11) is 0. The van der Waals surface area contributed by atoms with Gasteiger partial charge in [-0.2, -0.15) is 5.10 Å². The molecule has 9 heteroatoms. The number of aromatic hydroxyl groups is 1. The summed E-state index contributed by atoms with van der Waals surface area (Å²) in [5.41, 5.74) is 1.87. The van der Waals surface area contributed by atoms with E-state index in [9.17, 15) is 14.7 Å². The molecular formula is C14H13N5O3S. The third kappa shape index (κ3) is 3.77. The number of carbonyl (C=O) groups excluding carboxylic acids is 1. The zero-order valence-electron chi connectivity index (χ0n) is 11.9. The molecule has 0 spiro atoms. The molecule has 8 nitrogen and oxygen atoms in total. The summed E-state index contributed by atoms with van der Waals surface area (Å²) in [6.45, 7) is 3.76. The predicted molar refractivity (Wildman–Crippen MR) is 87.0 cm³/mol. The van der Waals surface area contributed by atoms with E-state index in [2.05, 4.69) is 27.1 Å². The van der Waals surface area contributed by atoms with Gasteiger partial charge in [0.25, 0.3) is 11.5 Å². The number of rotatable bonds is 5. The van der Waals surface area contributed by atoms with Crippen molar-refractivity contribution in [3.05, 3.63) is 63.4 Å². The van der Waals surface area contributed by atoms with Crippen LogP contribution in [-0.2, 0) is 6.54 Å². The van der Waals surface area contributed by atoms with Crippen molar-refractivity contribution in [1.29, 1.82) is 0 Å². The Bertz CT molecular complexity index is 870. The molecule has 0 radical (unpaired) electrons. The van der Waals surface area contributed by atoms with Crippen LogP contribution in [0, 0.1) is 4.77 Å². The highest BCUT2D eigenvalue weighted by Crippen LogP contribution is 2.11. The second kappa shape index (κ2) is 7.27. The van der Waals surface area contributed by atoms with Gasteiger partial charge in [0.15, 0.2) is 4.77 Å². The highest BCUT2D eigenvalue weighted by atomic mass is 32.1. The second-order valence-electron chi connectivity index (χ2n) is 4.33. The van der Waals surface area contributed by atoms with Crippen molar-refractivity contribution in [1.82, 2.24) is 20.0 Å². The van der Waals surface area contributed by atoms with Crippen LogP contribution in [0.15, 0.2) is 47.1 Å². The van der Waals surface area contributed by atoms with Crippen molar-refractivity contribution in [2.75, 3.05) is 0 Å². The van der Waals surface area contributed by atoms with Crippen LogP contribution in [-0.4, -0.2) is 31.8 Å². The summed E-state index contributed by atoms with van der Waals surface area (Å²) in [5.74, 6) is -0.834. The number of amides is 1. The minimum Gasteiger partial charge on any atom is -0.494 e. The molecule has 23 heavy (non-hydrogen) atoms. The number of nitrogens with zero attached hydrogens (tertiary/aromatic N) is 3. The molecule has 0 fully saturated rings. The number of H-pyrrole nitrogens is 1. The van der Waals surface area contributed by atoms with E-state index in [1.54, 1.807) is 0 Å². The van der Waals surface area contributed by atoms with Crippen LogP contribution in [0.5, 0.6) is 5.88 Å². The summed E-state index contributed by atoms with van der Waals surface area (Å²) in [4.78, 5) is 29.8. The molecule has 2 aromatic heterocycles. The van der Waals surface area contributed by atoms with Gasteiger partial charge in [0, 0.05) is 24.5 Å². The van der Waals surface area contributed by atoms with E-state index in [4.69, 9.17) is 12.2 Å². The molecule has 0 aliphatic rings. The summed E-state index contributed by atoms with van der Waals surface area (Å²) in [5, 5.41) is 13.8. The number of hydrazone groups is 1. The SMILES string of the molecule is C=CCn1c(O)c(/C=N/NC(=O)c2ccncc2)c(=O)[nH]c1=S. The van der Waals surface area contributed by atoms with Crippen molar-refractivity contribution >= 4 is 24.3 Å². The molecule has 0 aliphatic carbocycles. The minimum atomic E-state index is -0.616. The van der Waals surface area contributed by atoms with Gasteiger partial charge in [-0.05, 0) is 24.4 Å². The van der Waals surface area contributed by atoms with Crippen molar-refractivity contribution in [2.45, 2.75) is 6.54 Å². The average Bonchev–Trinajstić information content (AvgIpc) is 2.55. The molecule has 0 aromatic carbocycles. The lowest BCUT2D eigenvalue weighted by Gasteiger charge is -2.08. The Morgan fingerprint density at radius 1 is 1.52 bits per heavy atom. The molecule has 0 bridgehead atoms. The summed E-state index contributed by atoms with van der Waals surface area (Å²) < 4.78 is 1.33. The molecule has 0 aliphatic heterocycles. The van der Waals surface area contributed by atoms with Crippen LogP contribution in [0.4, 0.5) is 0 Å². The second-order valence-corrected chi connectivity index (χ2v) is 4.72. The van der Waals surface area contributed by atoms with Crippen molar-refractivity contribution in [3.8, 4) is 5.88 Å². The van der Waals surface area contributed by atoms with Gasteiger partial charge >= 0.3 is 0 Å². The summed E-state index contributed by atoms with van der Waals surface area (Å²) in [6.07, 6.45) is 5.49. The largest absolute Gasteiger partial charge is 0.494 e. The standard InChI is InChI=1S/C14H13N5O3S/c1-2-7-19-13(22)10(12(21)17-14(19)23)8-16-18-11(20)9-3-5-15-6-4-9/h2-6,8,22H,1,7H2,(H,18,20)(H,17,21,23)/b16-8+. The van der Waals surface area contributed by atoms with Crippen LogP contribution in [0.2, 0.25) is 0 Å². The Kier molecular flexibility index (Phi) is 5.15. The number of allylic oxidation sites excluding steroid dienone is 1. The van der Waals surface area contributed by atoms with E-state index in [1.807, 2.05) is 0 Å². The van der Waals surface area contributed by atoms with E-state index < -0.39 is 11.5 Å². The first-order valence-electron chi connectivity index (χ1n) is 6.45. The van der Waals surface area contributed by atoms with Crippen LogP contribution < -0.4 is 11.0 Å². The first-order chi connectivity index (χ1) is 11.0. The Morgan fingerprint density at radius 3 is 2.87 bits per heavy atom. The molecular weight excluding hydrogens is 318 g/mol. The summed E-state index contributed by atoms with van der Waals surface area (Å²) in [6, 6.07) is 3.03. The van der Waals surface area contributed by atoms with Gasteiger partial charge in [-0.1, -0.05) is 6.08 Å². The Balaban J connectivity index is 2.25. The highest BCUT2D eigenvalue weighted by molar-refractivity contribution is 7.71. The van der Waals surface area contributed by atoms with Crippen LogP contribution in [0.3, 0.4) is 0 Å². The number of hydrogen-bond donors (Lipinski definition) is 3. The van der Waals surface area contributed by atoms with Crippen LogP contribution in [0.1, 0.15) is 15.9 Å². The number of hydrogen-bond acceptors (Lipinski definition) is 6. The topological polar surface area (TPSA) is 112 Å². The number of carbonyl (C=O) groups is 1. The normalized spacial score (nSPS) is 10.6. The molecule has 0 saturated carbocycles. The molecule has 0 unspecified atom stereocenters. The predicted octanol–water partition coefficient (Wildman–Crippen LogP) is 0.956. The van der Waals surface area contributed by atoms with Gasteiger partial charge < -0.3 is 5.11 Å². The molecule has 118 valence electrons. The Hall–Kier alpha value is -3.07. The smallest absolute Gasteiger partial charge is 0.271 e. The van der Waals surface area contributed by atoms with Gasteiger partial charge in [0.1, 0.15) is 5.56 Å². The number of aromatic nitrogens is 3. The molecule has 2 aromatic rings. The van der Waals surface area contributed by atoms with Crippen molar-refractivity contribution in [3.63, 3.8) is 0 Å². The molecule has 2 heterocycles. The maximum absolute atomic E-state index is 11.8. The maximum Gasteiger partial charge on any atom is 0.271 e. The van der Waals surface area contributed by atoms with Crippen molar-refractivity contribution < 1.29 is 9.90 Å². The zero-order valence-corrected chi connectivity index (χ0v) is 12.7. The van der Waals surface area contributed by atoms with E-state index in [0.29, 0.717) is 5.56 Å². The van der Waals surface area contributed by atoms with Gasteiger partial charge in [0.2, 0.25) is 5.88 Å². The summed E-state index contributed by atoms with van der Waals surface area (Å²) >= 11 is 4.95. The first kappa shape index (κ1) is 16.3. The third-order valence-electron chi connectivity index (χ3n) is 2.82. The van der Waals surface area contributed by atoms with E-state index in [0.717, 1.165) is 6.21 Å². The fourth-order valence-corrected chi connectivity index (χ4v) is 1.97. The lowest BCUT2D eigenvalue weighted by atomic mass is 10.3. The number of aromatic amines is 1. The van der Waals surface area contributed by atoms with Gasteiger partial charge in [-0.25, -0.2) is 5.43 Å². The van der Waals surface area contributed by atoms with Crippen LogP contribution in [0.25, 0.3) is 0 Å². The third-order valence-corrected chi connectivity index (χ3v) is 3.14. The van der Waals surface area contributed by atoms with Crippen molar-refractivity contribution in [2.24, 2.45) is 5.10 Å². The lowest BCUT2D eigenvalue weighted by molar-refractivity contribution is 0.0955. The average molecular weight is 331 g/mol. The fraction of sp³-hybridized carbons (Fsp3) is 0.0714. The Labute approximate surface area is 135 Å². The monoisotopic (exact) mass is 331 g/mol. The van der Waals surface area contributed by atoms with Crippen LogP contribution >= 0.6 is 12.2 Å². The molecule has 0 atom stereocenters. The highest BCUT2D eigenvalue weighted by Gasteiger charge is 2.10. The van der Waals surface area contributed by atoms with E-state index in [-0.39, 0.29) is 22.8 Å². The van der Waals surface area contributed by atoms with Gasteiger partial charge in [-0.3, -0.25) is 24.1 Å². The Morgan fingerprint density at radius 2 is 2.22 bits per heavy atom. The zero-order chi connectivity index (χ0) is 16.8.